The van der Waals surface area contributed by atoms with E-state index in [1.54, 1.807) is 12.1 Å². The number of carbonyl (C=O) groups is 1. The summed E-state index contributed by atoms with van der Waals surface area (Å²) in [4.78, 5) is 14.6. The molecule has 1 N–H and O–H groups in total. The van der Waals surface area contributed by atoms with E-state index in [0.29, 0.717) is 30.6 Å². The monoisotopic (exact) mass is 463 g/mol. The molecule has 0 fully saturated rings. The Morgan fingerprint density at radius 2 is 1.82 bits per heavy atom. The minimum Gasteiger partial charge on any atom is -0.371 e. The number of benzene rings is 3. The lowest BCUT2D eigenvalue weighted by atomic mass is 10.00. The highest BCUT2D eigenvalue weighted by molar-refractivity contribution is 5.95. The molecule has 7 heteroatoms. The third kappa shape index (κ3) is 5.40. The van der Waals surface area contributed by atoms with E-state index in [9.17, 15) is 18.0 Å². The number of fused-ring (bicyclic) bond motifs is 1. The Morgan fingerprint density at radius 1 is 1.03 bits per heavy atom. The van der Waals surface area contributed by atoms with Crippen molar-refractivity contribution < 1.29 is 18.0 Å². The Kier molecular flexibility index (Phi) is 6.87. The molecule has 3 aromatic rings. The first-order chi connectivity index (χ1) is 16.3. The average molecular weight is 464 g/mol. The number of nitriles is 1. The van der Waals surface area contributed by atoms with Crippen LogP contribution in [0, 0.1) is 11.3 Å². The molecule has 1 heterocycles. The summed E-state index contributed by atoms with van der Waals surface area (Å²) in [6, 6.07) is 21.0. The Bertz CT molecular complexity index is 1230. The maximum absolute atomic E-state index is 13.0. The molecule has 0 saturated carbocycles. The zero-order valence-corrected chi connectivity index (χ0v) is 18.5. The molecule has 0 aromatic heterocycles. The maximum atomic E-state index is 13.0. The van der Waals surface area contributed by atoms with Gasteiger partial charge in [-0.1, -0.05) is 42.5 Å². The standard InChI is InChI=1S/C27H24F3N3O/c28-27(29,30)24-7-1-4-19(16-24)10-14-33-15-11-20-8-9-22(18-25(20)33)21-5-2-6-23(17-21)26(34)32-13-3-12-31/h1-2,4-9,16-18H,3,10-11,13-15H2,(H,32,34). The second-order valence-corrected chi connectivity index (χ2v) is 8.27. The number of alkyl halides is 3. The first-order valence-corrected chi connectivity index (χ1v) is 11.1. The van der Waals surface area contributed by atoms with Gasteiger partial charge in [-0.15, -0.1) is 0 Å². The van der Waals surface area contributed by atoms with Gasteiger partial charge in [-0.05, 0) is 59.4 Å². The van der Waals surface area contributed by atoms with Crippen molar-refractivity contribution >= 4 is 11.6 Å². The van der Waals surface area contributed by atoms with Gasteiger partial charge in [0.15, 0.2) is 0 Å². The van der Waals surface area contributed by atoms with Crippen LogP contribution in [0.3, 0.4) is 0 Å². The fourth-order valence-corrected chi connectivity index (χ4v) is 4.20. The summed E-state index contributed by atoms with van der Waals surface area (Å²) in [5.41, 5.74) is 4.72. The van der Waals surface area contributed by atoms with E-state index in [-0.39, 0.29) is 12.3 Å². The summed E-state index contributed by atoms with van der Waals surface area (Å²) in [5.74, 6) is -0.221. The van der Waals surface area contributed by atoms with Crippen LogP contribution in [-0.2, 0) is 19.0 Å². The molecule has 4 rings (SSSR count). The lowest BCUT2D eigenvalue weighted by Crippen LogP contribution is -2.24. The third-order valence-electron chi connectivity index (χ3n) is 5.98. The first kappa shape index (κ1) is 23.4. The maximum Gasteiger partial charge on any atom is 0.416 e. The minimum atomic E-state index is -4.34. The van der Waals surface area contributed by atoms with Crippen molar-refractivity contribution in [2.75, 3.05) is 24.5 Å². The Morgan fingerprint density at radius 3 is 2.62 bits per heavy atom. The van der Waals surface area contributed by atoms with Gasteiger partial charge in [-0.3, -0.25) is 4.79 Å². The van der Waals surface area contributed by atoms with E-state index in [1.807, 2.05) is 30.3 Å². The zero-order chi connectivity index (χ0) is 24.1. The van der Waals surface area contributed by atoms with E-state index in [2.05, 4.69) is 22.3 Å². The number of carbonyl (C=O) groups excluding carboxylic acids is 1. The molecule has 0 spiro atoms. The fourth-order valence-electron chi connectivity index (χ4n) is 4.20. The highest BCUT2D eigenvalue weighted by Crippen LogP contribution is 2.34. The van der Waals surface area contributed by atoms with Crippen LogP contribution in [-0.4, -0.2) is 25.5 Å². The van der Waals surface area contributed by atoms with E-state index in [0.717, 1.165) is 35.8 Å². The number of anilines is 1. The number of hydrogen-bond acceptors (Lipinski definition) is 3. The van der Waals surface area contributed by atoms with Crippen molar-refractivity contribution in [1.82, 2.24) is 5.32 Å². The molecular formula is C27H24F3N3O. The van der Waals surface area contributed by atoms with E-state index >= 15 is 0 Å². The predicted molar refractivity (Wildman–Crippen MR) is 126 cm³/mol. The second-order valence-electron chi connectivity index (χ2n) is 8.27. The summed E-state index contributed by atoms with van der Waals surface area (Å²) in [6.45, 7) is 1.75. The highest BCUT2D eigenvalue weighted by atomic mass is 19.4. The molecule has 1 aliphatic rings. The van der Waals surface area contributed by atoms with Gasteiger partial charge in [-0.25, -0.2) is 0 Å². The van der Waals surface area contributed by atoms with Crippen LogP contribution < -0.4 is 10.2 Å². The summed E-state index contributed by atoms with van der Waals surface area (Å²) in [5, 5.41) is 11.4. The predicted octanol–water partition coefficient (Wildman–Crippen LogP) is 5.62. The SMILES string of the molecule is N#CCCNC(=O)c1cccc(-c2ccc3c(c2)N(CCc2cccc(C(F)(F)F)c2)CC3)c1. The van der Waals surface area contributed by atoms with Gasteiger partial charge >= 0.3 is 6.18 Å². The fraction of sp³-hybridized carbons (Fsp3) is 0.259. The van der Waals surface area contributed by atoms with Gasteiger partial charge in [0.05, 0.1) is 18.1 Å². The quantitative estimate of drug-likeness (QED) is 0.463. The van der Waals surface area contributed by atoms with Crippen molar-refractivity contribution in [3.05, 3.63) is 89.0 Å². The Balaban J connectivity index is 1.49. The summed E-state index contributed by atoms with van der Waals surface area (Å²) >= 11 is 0. The smallest absolute Gasteiger partial charge is 0.371 e. The number of rotatable bonds is 7. The van der Waals surface area contributed by atoms with Gasteiger partial charge in [0.25, 0.3) is 5.91 Å². The molecule has 174 valence electrons. The van der Waals surface area contributed by atoms with Crippen LogP contribution in [0.15, 0.2) is 66.7 Å². The third-order valence-corrected chi connectivity index (χ3v) is 5.98. The van der Waals surface area contributed by atoms with Gasteiger partial charge < -0.3 is 10.2 Å². The summed E-state index contributed by atoms with van der Waals surface area (Å²) in [6.07, 6.45) is -2.68. The van der Waals surface area contributed by atoms with Crippen LogP contribution in [0.4, 0.5) is 18.9 Å². The largest absolute Gasteiger partial charge is 0.416 e. The van der Waals surface area contributed by atoms with Gasteiger partial charge in [0.2, 0.25) is 0 Å². The van der Waals surface area contributed by atoms with E-state index in [4.69, 9.17) is 5.26 Å². The average Bonchev–Trinajstić information content (AvgIpc) is 3.25. The van der Waals surface area contributed by atoms with Crippen LogP contribution in [0.2, 0.25) is 0 Å². The molecule has 34 heavy (non-hydrogen) atoms. The van der Waals surface area contributed by atoms with Gasteiger partial charge in [0, 0.05) is 30.9 Å². The minimum absolute atomic E-state index is 0.221. The topological polar surface area (TPSA) is 56.1 Å². The molecule has 1 aliphatic heterocycles. The molecular weight excluding hydrogens is 439 g/mol. The number of amides is 1. The number of nitrogens with one attached hydrogen (secondary N) is 1. The van der Waals surface area contributed by atoms with Crippen LogP contribution in [0.1, 0.15) is 33.5 Å². The second kappa shape index (κ2) is 10.0. The molecule has 1 amide bonds. The summed E-state index contributed by atoms with van der Waals surface area (Å²) in [7, 11) is 0. The van der Waals surface area contributed by atoms with Gasteiger partial charge in [0.1, 0.15) is 0 Å². The number of halogens is 3. The molecule has 0 unspecified atom stereocenters. The molecule has 4 nitrogen and oxygen atoms in total. The van der Waals surface area contributed by atoms with Crippen molar-refractivity contribution in [2.24, 2.45) is 0 Å². The summed E-state index contributed by atoms with van der Waals surface area (Å²) < 4.78 is 39.1. The van der Waals surface area contributed by atoms with Crippen LogP contribution in [0.5, 0.6) is 0 Å². The molecule has 0 atom stereocenters. The molecule has 0 saturated heterocycles. The van der Waals surface area contributed by atoms with Crippen LogP contribution in [0.25, 0.3) is 11.1 Å². The number of nitrogens with zero attached hydrogens (tertiary/aromatic N) is 2. The van der Waals surface area contributed by atoms with Crippen molar-refractivity contribution in [3.63, 3.8) is 0 Å². The first-order valence-electron chi connectivity index (χ1n) is 11.1. The van der Waals surface area contributed by atoms with Crippen LogP contribution >= 0.6 is 0 Å². The molecule has 0 radical (unpaired) electrons. The lowest BCUT2D eigenvalue weighted by molar-refractivity contribution is -0.137. The van der Waals surface area contributed by atoms with Crippen molar-refractivity contribution in [3.8, 4) is 17.2 Å². The Hall–Kier alpha value is -3.79. The normalized spacial score (nSPS) is 12.8. The van der Waals surface area contributed by atoms with Crippen molar-refractivity contribution in [1.29, 1.82) is 5.26 Å². The van der Waals surface area contributed by atoms with Gasteiger partial charge in [-0.2, -0.15) is 18.4 Å². The number of hydrogen-bond donors (Lipinski definition) is 1. The molecule has 0 aliphatic carbocycles. The lowest BCUT2D eigenvalue weighted by Gasteiger charge is -2.20. The molecule has 3 aromatic carbocycles. The van der Waals surface area contributed by atoms with E-state index in [1.165, 1.54) is 17.7 Å². The highest BCUT2D eigenvalue weighted by Gasteiger charge is 2.30. The van der Waals surface area contributed by atoms with Crippen molar-refractivity contribution in [2.45, 2.75) is 25.4 Å². The zero-order valence-electron chi connectivity index (χ0n) is 18.5. The Labute approximate surface area is 196 Å². The van der Waals surface area contributed by atoms with E-state index < -0.39 is 11.7 Å². The molecule has 0 bridgehead atoms.